The molecule has 2 aliphatic heterocycles. The standard InChI is InChI=1S/C40H54N6O2Si/c1-40(2,3)49(34-17-11-7-12-18-34,35-19-13-8-14-20-35)48-27-22-33-30-46(25-23-41-33)38-36-21-24-45(29-32-15-9-6-10-16-32)31-37(36)42-39(43-38)47-28-26-44(4)5/h6-20,33,41H,21-31H2,1-5H3/t33-/m0/s1. The van der Waals surface area contributed by atoms with Crippen molar-refractivity contribution in [1.82, 2.24) is 25.1 Å². The molecule has 0 aliphatic carbocycles. The van der Waals surface area contributed by atoms with Gasteiger partial charge >= 0.3 is 6.01 Å². The Morgan fingerprint density at radius 3 is 2.14 bits per heavy atom. The Kier molecular flexibility index (Phi) is 11.5. The van der Waals surface area contributed by atoms with Gasteiger partial charge in [0.25, 0.3) is 8.32 Å². The lowest BCUT2D eigenvalue weighted by Crippen LogP contribution is -2.66. The van der Waals surface area contributed by atoms with Crippen molar-refractivity contribution >= 4 is 24.5 Å². The Morgan fingerprint density at radius 1 is 0.857 bits per heavy atom. The van der Waals surface area contributed by atoms with Crippen molar-refractivity contribution in [2.75, 3.05) is 64.9 Å². The number of nitrogens with zero attached hydrogens (tertiary/aromatic N) is 5. The van der Waals surface area contributed by atoms with Crippen LogP contribution in [0, 0.1) is 0 Å². The summed E-state index contributed by atoms with van der Waals surface area (Å²) in [6, 6.07) is 33.4. The topological polar surface area (TPSA) is 66.0 Å². The van der Waals surface area contributed by atoms with E-state index >= 15 is 0 Å². The molecule has 4 aromatic rings. The summed E-state index contributed by atoms with van der Waals surface area (Å²) < 4.78 is 13.4. The van der Waals surface area contributed by atoms with Crippen LogP contribution in [0.15, 0.2) is 91.0 Å². The smallest absolute Gasteiger partial charge is 0.318 e. The molecule has 0 bridgehead atoms. The molecule has 8 nitrogen and oxygen atoms in total. The second-order valence-electron chi connectivity index (χ2n) is 14.8. The summed E-state index contributed by atoms with van der Waals surface area (Å²) in [4.78, 5) is 17.1. The highest BCUT2D eigenvalue weighted by atomic mass is 28.4. The molecule has 0 radical (unpaired) electrons. The predicted molar refractivity (Wildman–Crippen MR) is 203 cm³/mol. The predicted octanol–water partition coefficient (Wildman–Crippen LogP) is 4.72. The van der Waals surface area contributed by atoms with Crippen LogP contribution in [-0.4, -0.2) is 94.2 Å². The van der Waals surface area contributed by atoms with Gasteiger partial charge in [-0.05, 0) is 47.9 Å². The number of anilines is 1. The lowest BCUT2D eigenvalue weighted by atomic mass is 10.0. The highest BCUT2D eigenvalue weighted by molar-refractivity contribution is 6.99. The van der Waals surface area contributed by atoms with Crippen LogP contribution in [0.3, 0.4) is 0 Å². The number of ether oxygens (including phenoxy) is 1. The van der Waals surface area contributed by atoms with Gasteiger partial charge in [-0.15, -0.1) is 0 Å². The van der Waals surface area contributed by atoms with E-state index in [2.05, 4.69) is 146 Å². The molecule has 9 heteroatoms. The van der Waals surface area contributed by atoms with Crippen molar-refractivity contribution < 1.29 is 9.16 Å². The van der Waals surface area contributed by atoms with Crippen molar-refractivity contribution in [2.45, 2.75) is 57.8 Å². The third-order valence-corrected chi connectivity index (χ3v) is 14.9. The van der Waals surface area contributed by atoms with E-state index in [9.17, 15) is 0 Å². The van der Waals surface area contributed by atoms with Crippen LogP contribution in [0.1, 0.15) is 44.0 Å². The first-order valence-corrected chi connectivity index (χ1v) is 19.8. The summed E-state index contributed by atoms with van der Waals surface area (Å²) in [5.41, 5.74) is 3.69. The monoisotopic (exact) mass is 678 g/mol. The van der Waals surface area contributed by atoms with E-state index < -0.39 is 8.32 Å². The molecule has 49 heavy (non-hydrogen) atoms. The molecule has 1 aromatic heterocycles. The molecule has 1 fully saturated rings. The number of nitrogens with one attached hydrogen (secondary N) is 1. The number of fused-ring (bicyclic) bond motifs is 1. The average molecular weight is 679 g/mol. The number of hydrogen-bond donors (Lipinski definition) is 1. The van der Waals surface area contributed by atoms with Gasteiger partial charge in [0.2, 0.25) is 0 Å². The molecule has 0 unspecified atom stereocenters. The number of hydrogen-bond acceptors (Lipinski definition) is 8. The summed E-state index contributed by atoms with van der Waals surface area (Å²) >= 11 is 0. The molecule has 2 aliphatic rings. The molecule has 3 heterocycles. The Hall–Kier alpha value is -3.60. The van der Waals surface area contributed by atoms with E-state index in [-0.39, 0.29) is 11.1 Å². The summed E-state index contributed by atoms with van der Waals surface area (Å²) in [6.07, 6.45) is 1.85. The minimum absolute atomic E-state index is 0.0425. The van der Waals surface area contributed by atoms with Crippen molar-refractivity contribution in [2.24, 2.45) is 0 Å². The average Bonchev–Trinajstić information content (AvgIpc) is 3.10. The van der Waals surface area contributed by atoms with E-state index in [4.69, 9.17) is 19.1 Å². The SMILES string of the molecule is CN(C)CCOc1nc2c(c(N3CCN[C@@H](CCO[Si](c4ccccc4)(c4ccccc4)C(C)(C)C)C3)n1)CCN(Cc1ccccc1)C2. The Balaban J connectivity index is 1.20. The summed E-state index contributed by atoms with van der Waals surface area (Å²) in [6.45, 7) is 14.5. The third kappa shape index (κ3) is 8.41. The van der Waals surface area contributed by atoms with E-state index in [0.29, 0.717) is 19.2 Å². The maximum atomic E-state index is 7.27. The van der Waals surface area contributed by atoms with Crippen LogP contribution in [0.4, 0.5) is 5.82 Å². The molecule has 260 valence electrons. The fraction of sp³-hybridized carbons (Fsp3) is 0.450. The van der Waals surface area contributed by atoms with E-state index in [0.717, 1.165) is 70.2 Å². The van der Waals surface area contributed by atoms with E-state index in [1.807, 2.05) is 0 Å². The second-order valence-corrected chi connectivity index (χ2v) is 19.1. The fourth-order valence-corrected chi connectivity index (χ4v) is 12.0. The molecule has 0 amide bonds. The lowest BCUT2D eigenvalue weighted by Gasteiger charge is -2.43. The molecule has 6 rings (SSSR count). The van der Waals surface area contributed by atoms with Crippen LogP contribution in [-0.2, 0) is 23.9 Å². The van der Waals surface area contributed by atoms with Crippen LogP contribution in [0.5, 0.6) is 6.01 Å². The van der Waals surface area contributed by atoms with Crippen LogP contribution >= 0.6 is 0 Å². The van der Waals surface area contributed by atoms with Crippen molar-refractivity contribution in [1.29, 1.82) is 0 Å². The van der Waals surface area contributed by atoms with Crippen molar-refractivity contribution in [3.05, 3.63) is 108 Å². The normalized spacial score (nSPS) is 17.3. The first-order valence-electron chi connectivity index (χ1n) is 17.9. The summed E-state index contributed by atoms with van der Waals surface area (Å²) in [5.74, 6) is 1.05. The molecule has 1 atom stereocenters. The molecule has 3 aromatic carbocycles. The fourth-order valence-electron chi connectivity index (χ4n) is 7.39. The molecule has 1 saturated heterocycles. The van der Waals surface area contributed by atoms with Crippen LogP contribution in [0.25, 0.3) is 0 Å². The van der Waals surface area contributed by atoms with Crippen LogP contribution < -0.4 is 25.3 Å². The third-order valence-electron chi connectivity index (χ3n) is 9.88. The van der Waals surface area contributed by atoms with Crippen LogP contribution in [0.2, 0.25) is 5.04 Å². The maximum absolute atomic E-state index is 7.27. The first-order chi connectivity index (χ1) is 23.7. The number of aromatic nitrogens is 2. The molecule has 0 spiro atoms. The van der Waals surface area contributed by atoms with Gasteiger partial charge in [0.1, 0.15) is 12.4 Å². The quantitative estimate of drug-likeness (QED) is 0.204. The number of piperazine rings is 1. The molecular formula is C40H54N6O2Si. The van der Waals surface area contributed by atoms with Gasteiger partial charge in [-0.2, -0.15) is 9.97 Å². The van der Waals surface area contributed by atoms with Crippen molar-refractivity contribution in [3.8, 4) is 6.01 Å². The van der Waals surface area contributed by atoms with Gasteiger partial charge in [0.05, 0.1) is 5.69 Å². The molecular weight excluding hydrogens is 625 g/mol. The Bertz CT molecular complexity index is 1580. The van der Waals surface area contributed by atoms with E-state index in [1.165, 1.54) is 21.5 Å². The molecule has 0 saturated carbocycles. The highest BCUT2D eigenvalue weighted by Crippen LogP contribution is 2.37. The van der Waals surface area contributed by atoms with E-state index in [1.54, 1.807) is 0 Å². The highest BCUT2D eigenvalue weighted by Gasteiger charge is 2.50. The van der Waals surface area contributed by atoms with Gasteiger partial charge in [-0.3, -0.25) is 4.90 Å². The minimum atomic E-state index is -2.58. The zero-order valence-electron chi connectivity index (χ0n) is 30.1. The number of likely N-dealkylation sites (N-methyl/N-ethyl adjacent to an activating group) is 1. The number of benzene rings is 3. The minimum Gasteiger partial charge on any atom is -0.462 e. The van der Waals surface area contributed by atoms with Gasteiger partial charge in [-0.1, -0.05) is 112 Å². The largest absolute Gasteiger partial charge is 0.462 e. The van der Waals surface area contributed by atoms with Crippen molar-refractivity contribution in [3.63, 3.8) is 0 Å². The Morgan fingerprint density at radius 2 is 1.51 bits per heavy atom. The second kappa shape index (κ2) is 16.0. The maximum Gasteiger partial charge on any atom is 0.318 e. The number of rotatable bonds is 13. The Labute approximate surface area is 294 Å². The zero-order chi connectivity index (χ0) is 34.3. The zero-order valence-corrected chi connectivity index (χ0v) is 31.1. The summed E-state index contributed by atoms with van der Waals surface area (Å²) in [5, 5.41) is 6.41. The van der Waals surface area contributed by atoms with Gasteiger partial charge in [-0.25, -0.2) is 0 Å². The van der Waals surface area contributed by atoms with Gasteiger partial charge in [0.15, 0.2) is 0 Å². The van der Waals surface area contributed by atoms with Gasteiger partial charge < -0.3 is 24.3 Å². The molecule has 1 N–H and O–H groups in total. The lowest BCUT2D eigenvalue weighted by molar-refractivity contribution is 0.227. The first kappa shape index (κ1) is 35.2. The van der Waals surface area contributed by atoms with Gasteiger partial charge in [0, 0.05) is 64.0 Å². The summed E-state index contributed by atoms with van der Waals surface area (Å²) in [7, 11) is 1.53.